The lowest BCUT2D eigenvalue weighted by molar-refractivity contribution is -0.138. The number of aryl methyl sites for hydroxylation is 1. The number of rotatable bonds is 22. The highest BCUT2D eigenvalue weighted by Crippen LogP contribution is 2.62. The molecule has 2 aliphatic rings. The van der Waals surface area contributed by atoms with Crippen molar-refractivity contribution >= 4 is 64.0 Å². The molecular weight excluding hydrogens is 863 g/mol. The zero-order valence-electron chi connectivity index (χ0n) is 34.3. The second-order valence-electron chi connectivity index (χ2n) is 14.8. The molecule has 4 aromatic rings. The SMILES string of the molecule is CCCC[C@@]12C[C@@H](C(=O)Nc3nc(Br)ccc3C)N(C(=O)Cn3nc(C(C)=O)c4cc(-c5cnc(CNC(=O)COP(=O)(OCCOC)OCCOC)nc5)ccc43)[C@@H]1C2. The molecule has 322 valence electrons. The van der Waals surface area contributed by atoms with Crippen molar-refractivity contribution in [3.8, 4) is 11.1 Å². The lowest BCUT2D eigenvalue weighted by atomic mass is 9.93. The van der Waals surface area contributed by atoms with Crippen LogP contribution in [0.1, 0.15) is 67.8 Å². The minimum atomic E-state index is -4.05. The molecule has 3 aromatic heterocycles. The molecule has 18 nitrogen and oxygen atoms in total. The van der Waals surface area contributed by atoms with E-state index in [1.807, 2.05) is 19.1 Å². The molecule has 2 N–H and O–H groups in total. The van der Waals surface area contributed by atoms with Crippen molar-refractivity contribution in [3.05, 3.63) is 64.4 Å². The Morgan fingerprint density at radius 2 is 1.68 bits per heavy atom. The van der Waals surface area contributed by atoms with Gasteiger partial charge in [0.1, 0.15) is 41.1 Å². The van der Waals surface area contributed by atoms with Gasteiger partial charge in [0.05, 0.1) is 38.5 Å². The van der Waals surface area contributed by atoms with Gasteiger partial charge in [0, 0.05) is 50.5 Å². The van der Waals surface area contributed by atoms with Gasteiger partial charge >= 0.3 is 7.82 Å². The molecule has 2 fully saturated rings. The average molecular weight is 914 g/mol. The lowest BCUT2D eigenvalue weighted by Gasteiger charge is -2.27. The number of amides is 3. The number of pyridine rings is 1. The number of ketones is 1. The summed E-state index contributed by atoms with van der Waals surface area (Å²) in [6.07, 6.45) is 7.56. The number of hydrogen-bond donors (Lipinski definition) is 2. The highest BCUT2D eigenvalue weighted by molar-refractivity contribution is 9.10. The van der Waals surface area contributed by atoms with Crippen LogP contribution in [0.4, 0.5) is 5.82 Å². The number of fused-ring (bicyclic) bond motifs is 2. The van der Waals surface area contributed by atoms with E-state index in [0.29, 0.717) is 44.7 Å². The number of benzene rings is 1. The van der Waals surface area contributed by atoms with Gasteiger partial charge in [-0.15, -0.1) is 0 Å². The first-order valence-corrected chi connectivity index (χ1v) is 21.9. The van der Waals surface area contributed by atoms with E-state index >= 15 is 0 Å². The van der Waals surface area contributed by atoms with Crippen molar-refractivity contribution < 1.29 is 46.8 Å². The number of phosphoric ester groups is 1. The van der Waals surface area contributed by atoms with Gasteiger partial charge in [0.15, 0.2) is 5.78 Å². The third kappa shape index (κ3) is 10.7. The number of phosphoric acid groups is 1. The van der Waals surface area contributed by atoms with Crippen LogP contribution >= 0.6 is 23.8 Å². The lowest BCUT2D eigenvalue weighted by Crippen LogP contribution is -2.47. The Morgan fingerprint density at radius 1 is 0.967 bits per heavy atom. The summed E-state index contributed by atoms with van der Waals surface area (Å²) in [6.45, 7) is 4.77. The number of unbranched alkanes of at least 4 members (excludes halogenated alkanes) is 1. The minimum absolute atomic E-state index is 0.0448. The van der Waals surface area contributed by atoms with E-state index in [1.54, 1.807) is 35.5 Å². The second-order valence-corrected chi connectivity index (χ2v) is 17.3. The third-order valence-electron chi connectivity index (χ3n) is 10.6. The Balaban J connectivity index is 1.13. The average Bonchev–Trinajstić information content (AvgIpc) is 3.65. The van der Waals surface area contributed by atoms with E-state index in [9.17, 15) is 23.7 Å². The molecule has 0 spiro atoms. The molecule has 6 rings (SSSR count). The maximum Gasteiger partial charge on any atom is 0.475 e. The number of nitrogens with one attached hydrogen (secondary N) is 2. The summed E-state index contributed by atoms with van der Waals surface area (Å²) < 4.78 is 40.4. The fraction of sp³-hybridized carbons (Fsp3) is 0.500. The number of carbonyl (C=O) groups is 4. The number of ether oxygens (including phenoxy) is 2. The van der Waals surface area contributed by atoms with Gasteiger partial charge in [0.25, 0.3) is 0 Å². The molecular formula is C40H50BrN8O10P. The van der Waals surface area contributed by atoms with Crippen molar-refractivity contribution in [2.45, 2.75) is 78.0 Å². The first-order chi connectivity index (χ1) is 28.8. The zero-order chi connectivity index (χ0) is 43.0. The molecule has 1 saturated heterocycles. The van der Waals surface area contributed by atoms with Crippen LogP contribution in [0, 0.1) is 12.3 Å². The van der Waals surface area contributed by atoms with Crippen molar-refractivity contribution in [3.63, 3.8) is 0 Å². The van der Waals surface area contributed by atoms with Crippen molar-refractivity contribution in [1.29, 1.82) is 0 Å². The van der Waals surface area contributed by atoms with E-state index in [4.69, 9.17) is 23.0 Å². The van der Waals surface area contributed by atoms with Crippen LogP contribution in [0.25, 0.3) is 22.0 Å². The highest BCUT2D eigenvalue weighted by atomic mass is 79.9. The Bertz CT molecular complexity index is 2240. The largest absolute Gasteiger partial charge is 0.475 e. The third-order valence-corrected chi connectivity index (χ3v) is 12.5. The standard InChI is InChI=1S/C40H50BrN8O10P/c1-6-7-12-40-18-31(39(53)46-38-25(2)8-11-33(41)45-38)49(32(40)19-40)36(52)23-48-30-10-9-27(17-29(30)37(47-48)26(3)50)28-20-42-34(43-21-28)22-44-35(51)24-59-60(54,57-15-13-55-4)58-16-14-56-5/h8-11,17,20-21,31-32H,6-7,12-16,18-19,22-24H2,1-5H3,(H,44,51)(H,45,46,53)/t31-,32+,40-/m0/s1. The maximum atomic E-state index is 14.3. The van der Waals surface area contributed by atoms with E-state index in [-0.39, 0.29) is 74.3 Å². The number of likely N-dealkylation sites (tertiary alicyclic amines) is 1. The zero-order valence-corrected chi connectivity index (χ0v) is 36.8. The van der Waals surface area contributed by atoms with Crippen LogP contribution in [0.3, 0.4) is 0 Å². The second kappa shape index (κ2) is 19.9. The van der Waals surface area contributed by atoms with Crippen LogP contribution in [0.15, 0.2) is 47.3 Å². The fourth-order valence-corrected chi connectivity index (χ4v) is 8.83. The molecule has 0 bridgehead atoms. The number of piperidine rings is 1. The number of anilines is 1. The summed E-state index contributed by atoms with van der Waals surface area (Å²) in [5, 5.41) is 10.7. The Labute approximate surface area is 356 Å². The molecule has 3 atom stereocenters. The number of halogens is 1. The van der Waals surface area contributed by atoms with E-state index in [1.165, 1.54) is 25.8 Å². The molecule has 4 heterocycles. The predicted molar refractivity (Wildman–Crippen MR) is 223 cm³/mol. The van der Waals surface area contributed by atoms with Gasteiger partial charge < -0.3 is 25.0 Å². The smallest absolute Gasteiger partial charge is 0.382 e. The van der Waals surface area contributed by atoms with Crippen LogP contribution in [0.2, 0.25) is 0 Å². The normalized spacial score (nSPS) is 18.4. The fourth-order valence-electron chi connectivity index (χ4n) is 7.42. The van der Waals surface area contributed by atoms with Crippen molar-refractivity contribution in [2.24, 2.45) is 5.41 Å². The Hall–Kier alpha value is -4.49. The first-order valence-electron chi connectivity index (χ1n) is 19.7. The van der Waals surface area contributed by atoms with Gasteiger partial charge in [-0.05, 0) is 76.9 Å². The number of Topliss-reactive ketones (excluding diaryl/α,β-unsaturated/α-hetero) is 1. The molecule has 1 aliphatic carbocycles. The predicted octanol–water partition coefficient (Wildman–Crippen LogP) is 5.42. The Morgan fingerprint density at radius 3 is 2.35 bits per heavy atom. The molecule has 0 radical (unpaired) electrons. The van der Waals surface area contributed by atoms with E-state index in [0.717, 1.165) is 31.2 Å². The van der Waals surface area contributed by atoms with Crippen LogP contribution in [0.5, 0.6) is 0 Å². The first kappa shape index (κ1) is 45.0. The number of methoxy groups -OCH3 is 2. The van der Waals surface area contributed by atoms with E-state index < -0.39 is 26.4 Å². The molecule has 60 heavy (non-hydrogen) atoms. The van der Waals surface area contributed by atoms with Gasteiger partial charge in [-0.3, -0.25) is 37.4 Å². The van der Waals surface area contributed by atoms with Crippen LogP contribution in [-0.2, 0) is 55.1 Å². The quantitative estimate of drug-likeness (QED) is 0.0436. The van der Waals surface area contributed by atoms with Gasteiger partial charge in [-0.2, -0.15) is 5.10 Å². The summed E-state index contributed by atoms with van der Waals surface area (Å²) in [5.41, 5.74) is 2.83. The number of hydrogen-bond acceptors (Lipinski definition) is 14. The summed E-state index contributed by atoms with van der Waals surface area (Å²) in [6, 6.07) is 8.36. The number of aromatic nitrogens is 5. The monoisotopic (exact) mass is 912 g/mol. The molecule has 1 aliphatic heterocycles. The van der Waals surface area contributed by atoms with Gasteiger partial charge in [0.2, 0.25) is 17.7 Å². The van der Waals surface area contributed by atoms with Gasteiger partial charge in [-0.1, -0.05) is 31.9 Å². The van der Waals surface area contributed by atoms with E-state index in [2.05, 4.69) is 53.5 Å². The molecule has 1 aromatic carbocycles. The van der Waals surface area contributed by atoms with Crippen LogP contribution in [-0.4, -0.2) is 112 Å². The highest BCUT2D eigenvalue weighted by Gasteiger charge is 2.66. The summed E-state index contributed by atoms with van der Waals surface area (Å²) in [4.78, 5) is 68.4. The summed E-state index contributed by atoms with van der Waals surface area (Å²) >= 11 is 3.38. The summed E-state index contributed by atoms with van der Waals surface area (Å²) in [5.74, 6) is -0.662. The molecule has 1 saturated carbocycles. The van der Waals surface area contributed by atoms with Crippen LogP contribution < -0.4 is 10.6 Å². The minimum Gasteiger partial charge on any atom is -0.382 e. The summed E-state index contributed by atoms with van der Waals surface area (Å²) in [7, 11) is -1.14. The van der Waals surface area contributed by atoms with Crippen molar-refractivity contribution in [1.82, 2.24) is 34.9 Å². The number of nitrogens with zero attached hydrogens (tertiary/aromatic N) is 6. The van der Waals surface area contributed by atoms with Crippen molar-refractivity contribution in [2.75, 3.05) is 52.6 Å². The maximum absolute atomic E-state index is 14.3. The molecule has 3 amide bonds. The molecule has 0 unspecified atom stereocenters. The Kier molecular flexibility index (Phi) is 15.0. The number of carbonyl (C=O) groups excluding carboxylic acids is 4. The molecule has 20 heteroatoms. The topological polar surface area (TPSA) is 215 Å². The van der Waals surface area contributed by atoms with Gasteiger partial charge in [-0.25, -0.2) is 19.5 Å².